The van der Waals surface area contributed by atoms with E-state index in [4.69, 9.17) is 0 Å². The highest BCUT2D eigenvalue weighted by Crippen LogP contribution is 2.60. The van der Waals surface area contributed by atoms with Crippen LogP contribution in [0.5, 0.6) is 0 Å². The van der Waals surface area contributed by atoms with Crippen LogP contribution >= 0.6 is 0 Å². The predicted molar refractivity (Wildman–Crippen MR) is 210 cm³/mol. The highest BCUT2D eigenvalue weighted by atomic mass is 19.1. The topological polar surface area (TPSA) is 0 Å². The fourth-order valence-corrected chi connectivity index (χ4v) is 9.88. The lowest BCUT2D eigenvalue weighted by molar-refractivity contribution is 0.566. The summed E-state index contributed by atoms with van der Waals surface area (Å²) in [5.41, 5.74) is 15.9. The first-order valence-electron chi connectivity index (χ1n) is 18.0. The second kappa shape index (κ2) is 10.1. The lowest BCUT2D eigenvalue weighted by Gasteiger charge is -2.28. The molecule has 0 N–H and O–H groups in total. The van der Waals surface area contributed by atoms with Crippen LogP contribution in [-0.4, -0.2) is 0 Å². The SMILES string of the molecule is CC1C=CC2=C(C1)C(C)(C)c1cc(-c3c4ccccc4c(-c4ccc(F)cc4)c4ccccc34)c3ccc4c(c3c12)-c1ccccc1C4(C)C. The summed E-state index contributed by atoms with van der Waals surface area (Å²) < 4.78 is 14.2. The van der Waals surface area contributed by atoms with Gasteiger partial charge < -0.3 is 0 Å². The third-order valence-electron chi connectivity index (χ3n) is 12.3. The molecule has 7 aromatic rings. The Balaban J connectivity index is 1.41. The van der Waals surface area contributed by atoms with Crippen molar-refractivity contribution in [1.29, 1.82) is 0 Å². The number of fused-ring (bicyclic) bond motifs is 10. The Morgan fingerprint density at radius 2 is 1.16 bits per heavy atom. The molecule has 10 rings (SSSR count). The molecule has 1 heteroatoms. The summed E-state index contributed by atoms with van der Waals surface area (Å²) in [4.78, 5) is 0. The van der Waals surface area contributed by atoms with E-state index in [1.54, 1.807) is 17.7 Å². The van der Waals surface area contributed by atoms with Crippen LogP contribution in [0.2, 0.25) is 0 Å². The quantitative estimate of drug-likeness (QED) is 0.164. The minimum atomic E-state index is -0.218. The van der Waals surface area contributed by atoms with Crippen molar-refractivity contribution in [2.45, 2.75) is 51.9 Å². The van der Waals surface area contributed by atoms with Gasteiger partial charge in [0.1, 0.15) is 5.82 Å². The van der Waals surface area contributed by atoms with Crippen molar-refractivity contribution in [3.05, 3.63) is 161 Å². The predicted octanol–water partition coefficient (Wildman–Crippen LogP) is 13.6. The van der Waals surface area contributed by atoms with Gasteiger partial charge in [-0.05, 0) is 124 Å². The van der Waals surface area contributed by atoms with E-state index in [-0.39, 0.29) is 16.6 Å². The molecule has 0 fully saturated rings. The highest BCUT2D eigenvalue weighted by molar-refractivity contribution is 6.25. The van der Waals surface area contributed by atoms with Crippen LogP contribution in [0.1, 0.15) is 63.3 Å². The molecule has 50 heavy (non-hydrogen) atoms. The number of halogens is 1. The summed E-state index contributed by atoms with van der Waals surface area (Å²) in [6.07, 6.45) is 5.93. The van der Waals surface area contributed by atoms with E-state index >= 15 is 0 Å². The summed E-state index contributed by atoms with van der Waals surface area (Å²) >= 11 is 0. The van der Waals surface area contributed by atoms with Crippen molar-refractivity contribution in [3.63, 3.8) is 0 Å². The first kappa shape index (κ1) is 29.6. The van der Waals surface area contributed by atoms with Crippen LogP contribution < -0.4 is 0 Å². The van der Waals surface area contributed by atoms with Gasteiger partial charge in [0.25, 0.3) is 0 Å². The maximum absolute atomic E-state index is 14.2. The zero-order valence-corrected chi connectivity index (χ0v) is 29.3. The number of allylic oxidation sites excluding steroid dienone is 4. The molecule has 0 amide bonds. The third kappa shape index (κ3) is 3.81. The van der Waals surface area contributed by atoms with E-state index in [1.165, 1.54) is 82.4 Å². The van der Waals surface area contributed by atoms with E-state index in [9.17, 15) is 4.39 Å². The molecule has 0 saturated carbocycles. The summed E-state index contributed by atoms with van der Waals surface area (Å²) in [6.45, 7) is 12.0. The molecule has 0 nitrogen and oxygen atoms in total. The maximum atomic E-state index is 14.2. The summed E-state index contributed by atoms with van der Waals surface area (Å²) in [7, 11) is 0. The standard InChI is InChI=1S/C49H39F/c1-28-18-23-37-41(26-28)49(4,5)42-27-38(35-24-25-40-45(47(35)46(37)42)36-16-10-11-17-39(36)48(40,2)3)44-33-14-8-6-12-31(33)43(29-19-21-30(50)22-20-29)32-13-7-9-15-34(32)44/h6-25,27-28H,26H2,1-5H3. The number of benzene rings is 7. The zero-order valence-electron chi connectivity index (χ0n) is 29.3. The largest absolute Gasteiger partial charge is 0.207 e. The van der Waals surface area contributed by atoms with E-state index in [0.717, 1.165) is 17.5 Å². The summed E-state index contributed by atoms with van der Waals surface area (Å²) in [6, 6.07) is 41.1. The van der Waals surface area contributed by atoms with E-state index in [0.29, 0.717) is 5.92 Å². The lowest BCUT2D eigenvalue weighted by atomic mass is 9.75. The lowest BCUT2D eigenvalue weighted by Crippen LogP contribution is -2.19. The Bertz CT molecular complexity index is 2620. The molecule has 7 aromatic carbocycles. The van der Waals surface area contributed by atoms with Gasteiger partial charge in [0.15, 0.2) is 0 Å². The molecule has 0 saturated heterocycles. The van der Waals surface area contributed by atoms with Gasteiger partial charge in [-0.3, -0.25) is 0 Å². The number of rotatable bonds is 2. The van der Waals surface area contributed by atoms with Crippen molar-refractivity contribution in [3.8, 4) is 33.4 Å². The van der Waals surface area contributed by atoms with Crippen LogP contribution in [0, 0.1) is 11.7 Å². The second-order valence-electron chi connectivity index (χ2n) is 15.8. The molecule has 242 valence electrons. The van der Waals surface area contributed by atoms with Crippen molar-refractivity contribution in [1.82, 2.24) is 0 Å². The molecule has 0 radical (unpaired) electrons. The van der Waals surface area contributed by atoms with Gasteiger partial charge in [0, 0.05) is 10.8 Å². The van der Waals surface area contributed by atoms with Gasteiger partial charge in [-0.15, -0.1) is 0 Å². The summed E-state index contributed by atoms with van der Waals surface area (Å²) in [5.74, 6) is 0.300. The maximum Gasteiger partial charge on any atom is 0.123 e. The van der Waals surface area contributed by atoms with Crippen molar-refractivity contribution in [2.75, 3.05) is 0 Å². The van der Waals surface area contributed by atoms with Crippen LogP contribution in [0.15, 0.2) is 133 Å². The van der Waals surface area contributed by atoms with Crippen molar-refractivity contribution >= 4 is 37.9 Å². The van der Waals surface area contributed by atoms with Crippen LogP contribution in [-0.2, 0) is 10.8 Å². The molecule has 3 aliphatic carbocycles. The van der Waals surface area contributed by atoms with Gasteiger partial charge in [0.2, 0.25) is 0 Å². The first-order valence-corrected chi connectivity index (χ1v) is 18.0. The average Bonchev–Trinajstić information content (AvgIpc) is 3.50. The van der Waals surface area contributed by atoms with E-state index in [1.807, 2.05) is 12.1 Å². The van der Waals surface area contributed by atoms with E-state index in [2.05, 4.69) is 138 Å². The fourth-order valence-electron chi connectivity index (χ4n) is 9.88. The molecule has 0 heterocycles. The molecule has 1 atom stereocenters. The minimum absolute atomic E-state index is 0.0958. The molecular formula is C49H39F. The normalized spacial score (nSPS) is 18.1. The second-order valence-corrected chi connectivity index (χ2v) is 15.8. The Kier molecular flexibility index (Phi) is 6.01. The minimum Gasteiger partial charge on any atom is -0.207 e. The van der Waals surface area contributed by atoms with E-state index < -0.39 is 0 Å². The molecule has 3 aliphatic rings. The van der Waals surface area contributed by atoms with Gasteiger partial charge >= 0.3 is 0 Å². The van der Waals surface area contributed by atoms with Gasteiger partial charge in [-0.2, -0.15) is 0 Å². The molecule has 0 bridgehead atoms. The van der Waals surface area contributed by atoms with Crippen LogP contribution in [0.4, 0.5) is 4.39 Å². The monoisotopic (exact) mass is 646 g/mol. The molecule has 0 aromatic heterocycles. The highest BCUT2D eigenvalue weighted by Gasteiger charge is 2.43. The Hall–Kier alpha value is -5.27. The molecular weight excluding hydrogens is 608 g/mol. The summed E-state index contributed by atoms with van der Waals surface area (Å²) in [5, 5.41) is 7.49. The van der Waals surface area contributed by atoms with Gasteiger partial charge in [0.05, 0.1) is 0 Å². The average molecular weight is 647 g/mol. The Morgan fingerprint density at radius 3 is 1.84 bits per heavy atom. The molecule has 1 unspecified atom stereocenters. The van der Waals surface area contributed by atoms with Crippen molar-refractivity contribution < 1.29 is 4.39 Å². The van der Waals surface area contributed by atoms with Crippen LogP contribution in [0.25, 0.3) is 71.3 Å². The zero-order chi connectivity index (χ0) is 34.1. The molecule has 0 aliphatic heterocycles. The number of hydrogen-bond donors (Lipinski definition) is 0. The van der Waals surface area contributed by atoms with Gasteiger partial charge in [-0.25, -0.2) is 4.39 Å². The Labute approximate surface area is 293 Å². The fraction of sp³-hybridized carbons (Fsp3) is 0.184. The third-order valence-corrected chi connectivity index (χ3v) is 12.3. The van der Waals surface area contributed by atoms with Crippen LogP contribution in [0.3, 0.4) is 0 Å². The Morgan fingerprint density at radius 1 is 0.540 bits per heavy atom. The first-order chi connectivity index (χ1) is 24.2. The van der Waals surface area contributed by atoms with Gasteiger partial charge in [-0.1, -0.05) is 149 Å². The molecule has 0 spiro atoms. The van der Waals surface area contributed by atoms with Crippen molar-refractivity contribution in [2.24, 2.45) is 5.92 Å². The smallest absolute Gasteiger partial charge is 0.123 e. The number of hydrogen-bond acceptors (Lipinski definition) is 0.